The zero-order valence-electron chi connectivity index (χ0n) is 24.8. The van der Waals surface area contributed by atoms with Crippen molar-refractivity contribution in [2.45, 2.75) is 9.79 Å². The number of benzene rings is 7. The van der Waals surface area contributed by atoms with Gasteiger partial charge in [-0.2, -0.15) is 0 Å². The van der Waals surface area contributed by atoms with Gasteiger partial charge >= 0.3 is 0 Å². The highest BCUT2D eigenvalue weighted by Crippen LogP contribution is 2.47. The summed E-state index contributed by atoms with van der Waals surface area (Å²) in [7, 11) is 0. The minimum atomic E-state index is 0.660. The lowest BCUT2D eigenvalue weighted by Crippen LogP contribution is -2.01. The van der Waals surface area contributed by atoms with Crippen LogP contribution < -0.4 is 0 Å². The Bertz CT molecular complexity index is 2520. The van der Waals surface area contributed by atoms with Crippen molar-refractivity contribution < 1.29 is 0 Å². The molecule has 0 saturated heterocycles. The first kappa shape index (κ1) is 26.6. The van der Waals surface area contributed by atoms with Crippen LogP contribution in [-0.2, 0) is 0 Å². The highest BCUT2D eigenvalue weighted by atomic mass is 32.2. The predicted molar refractivity (Wildman–Crippen MR) is 193 cm³/mol. The third-order valence-corrected chi connectivity index (χ3v) is 10.1. The molecule has 7 aromatic carbocycles. The third-order valence-electron chi connectivity index (χ3n) is 9.01. The largest absolute Gasteiger partial charge is 0.307 e. The van der Waals surface area contributed by atoms with Crippen molar-refractivity contribution in [3.8, 4) is 50.2 Å². The molecule has 1 aromatic heterocycles. The van der Waals surface area contributed by atoms with Crippen LogP contribution in [0.4, 0.5) is 5.69 Å². The Balaban J connectivity index is 1.08. The Labute approximate surface area is 272 Å². The first-order valence-corrected chi connectivity index (χ1v) is 16.2. The average molecular weight is 603 g/mol. The summed E-state index contributed by atoms with van der Waals surface area (Å²) in [5, 5.41) is 2.60. The maximum Gasteiger partial charge on any atom is 0.195 e. The summed E-state index contributed by atoms with van der Waals surface area (Å²) < 4.78 is 2.43. The monoisotopic (exact) mass is 602 g/mol. The lowest BCUT2D eigenvalue weighted by molar-refractivity contribution is 1.09. The van der Waals surface area contributed by atoms with E-state index in [2.05, 4.69) is 143 Å². The summed E-state index contributed by atoms with van der Waals surface area (Å²) in [5.74, 6) is 0. The quantitative estimate of drug-likeness (QED) is 0.182. The first-order valence-electron chi connectivity index (χ1n) is 15.4. The van der Waals surface area contributed by atoms with Crippen LogP contribution in [0.2, 0.25) is 0 Å². The van der Waals surface area contributed by atoms with Crippen molar-refractivity contribution in [3.05, 3.63) is 169 Å². The molecule has 0 radical (unpaired) electrons. The summed E-state index contributed by atoms with van der Waals surface area (Å²) in [5.41, 5.74) is 13.3. The van der Waals surface area contributed by atoms with Crippen molar-refractivity contribution >= 4 is 39.3 Å². The van der Waals surface area contributed by atoms with E-state index in [9.17, 15) is 0 Å². The van der Waals surface area contributed by atoms with E-state index in [-0.39, 0.29) is 0 Å². The SMILES string of the molecule is [C-]#[N+]c1cc(-c2ccccc2)ccc1-c1cccc(-c2cccc(-c3ccc4c(c3)Sc3cccc5c6ccccc6n-4c35)c2)c1. The molecule has 2 nitrogen and oxygen atoms in total. The van der Waals surface area contributed by atoms with E-state index in [4.69, 9.17) is 6.57 Å². The molecule has 0 N–H and O–H groups in total. The minimum Gasteiger partial charge on any atom is -0.307 e. The van der Waals surface area contributed by atoms with Gasteiger partial charge in [0.05, 0.1) is 23.3 Å². The molecule has 0 atom stereocenters. The Kier molecular flexibility index (Phi) is 6.16. The van der Waals surface area contributed by atoms with Crippen molar-refractivity contribution in [1.29, 1.82) is 0 Å². The number of aromatic nitrogens is 1. The molecule has 0 unspecified atom stereocenters. The standard InChI is InChI=1S/C43H26N2S/c1-44-38-26-32(28-10-3-2-4-11-28)20-22-35(38)34-15-8-14-31(25-34)29-12-7-13-30(24-29)33-21-23-40-42(27-33)46-41-19-9-17-37-36-16-5-6-18-39(36)45(40)43(37)41/h2-27H. The van der Waals surface area contributed by atoms with Crippen molar-refractivity contribution in [3.63, 3.8) is 0 Å². The van der Waals surface area contributed by atoms with Crippen LogP contribution in [0.5, 0.6) is 0 Å². The Morgan fingerprint density at radius 1 is 0.457 bits per heavy atom. The Hall–Kier alpha value is -5.82. The molecule has 3 heteroatoms. The highest BCUT2D eigenvalue weighted by Gasteiger charge is 2.23. The van der Waals surface area contributed by atoms with Crippen LogP contribution >= 0.6 is 11.8 Å². The lowest BCUT2D eigenvalue weighted by atomic mass is 9.94. The van der Waals surface area contributed by atoms with Gasteiger partial charge in [0.2, 0.25) is 0 Å². The number of rotatable bonds is 4. The molecular formula is C43H26N2S. The maximum atomic E-state index is 7.92. The van der Waals surface area contributed by atoms with E-state index in [1.165, 1.54) is 48.4 Å². The molecule has 2 heterocycles. The minimum absolute atomic E-state index is 0.660. The Morgan fingerprint density at radius 3 is 1.87 bits per heavy atom. The van der Waals surface area contributed by atoms with E-state index >= 15 is 0 Å². The number of fused-ring (bicyclic) bond motifs is 5. The number of nitrogens with zero attached hydrogens (tertiary/aromatic N) is 2. The van der Waals surface area contributed by atoms with Crippen LogP contribution in [0.3, 0.4) is 0 Å². The van der Waals surface area contributed by atoms with Gasteiger partial charge in [-0.3, -0.25) is 0 Å². The summed E-state index contributed by atoms with van der Waals surface area (Å²) in [6.07, 6.45) is 0. The van der Waals surface area contributed by atoms with Gasteiger partial charge in [-0.1, -0.05) is 127 Å². The number of hydrogen-bond acceptors (Lipinski definition) is 1. The molecule has 0 fully saturated rings. The van der Waals surface area contributed by atoms with E-state index in [1.54, 1.807) is 0 Å². The van der Waals surface area contributed by atoms with E-state index in [0.717, 1.165) is 33.4 Å². The van der Waals surface area contributed by atoms with Crippen LogP contribution in [0, 0.1) is 6.57 Å². The van der Waals surface area contributed by atoms with Crippen molar-refractivity contribution in [2.75, 3.05) is 0 Å². The normalized spacial score (nSPS) is 11.8. The molecule has 0 amide bonds. The molecule has 1 aliphatic rings. The van der Waals surface area contributed by atoms with Gasteiger partial charge in [0.15, 0.2) is 5.69 Å². The zero-order valence-corrected chi connectivity index (χ0v) is 25.6. The fourth-order valence-electron chi connectivity index (χ4n) is 6.82. The first-order chi connectivity index (χ1) is 22.7. The van der Waals surface area contributed by atoms with E-state index in [1.807, 2.05) is 36.0 Å². The third kappa shape index (κ3) is 4.27. The fourth-order valence-corrected chi connectivity index (χ4v) is 7.95. The molecule has 0 aliphatic carbocycles. The lowest BCUT2D eigenvalue weighted by Gasteiger charge is -2.21. The summed E-state index contributed by atoms with van der Waals surface area (Å²) in [6, 6.07) is 56.0. The molecular weight excluding hydrogens is 577 g/mol. The molecule has 214 valence electrons. The molecule has 0 spiro atoms. The van der Waals surface area contributed by atoms with Gasteiger partial charge in [-0.05, 0) is 87.0 Å². The fraction of sp³-hybridized carbons (Fsp3) is 0. The van der Waals surface area contributed by atoms with Gasteiger partial charge < -0.3 is 4.57 Å². The highest BCUT2D eigenvalue weighted by molar-refractivity contribution is 7.99. The molecule has 8 aromatic rings. The van der Waals surface area contributed by atoms with E-state index in [0.29, 0.717) is 5.69 Å². The molecule has 9 rings (SSSR count). The molecule has 0 saturated carbocycles. The van der Waals surface area contributed by atoms with Crippen LogP contribution in [0.25, 0.3) is 76.8 Å². The van der Waals surface area contributed by atoms with Gasteiger partial charge in [-0.25, -0.2) is 4.85 Å². The summed E-state index contributed by atoms with van der Waals surface area (Å²) >= 11 is 1.86. The van der Waals surface area contributed by atoms with Gasteiger partial charge in [-0.15, -0.1) is 0 Å². The molecule has 0 bridgehead atoms. The van der Waals surface area contributed by atoms with Crippen LogP contribution in [-0.4, -0.2) is 4.57 Å². The maximum absolute atomic E-state index is 7.92. The van der Waals surface area contributed by atoms with Gasteiger partial charge in [0.1, 0.15) is 0 Å². The topological polar surface area (TPSA) is 9.29 Å². The smallest absolute Gasteiger partial charge is 0.195 e. The van der Waals surface area contributed by atoms with Crippen LogP contribution in [0.1, 0.15) is 0 Å². The van der Waals surface area contributed by atoms with E-state index < -0.39 is 0 Å². The summed E-state index contributed by atoms with van der Waals surface area (Å²) in [4.78, 5) is 6.46. The van der Waals surface area contributed by atoms with Crippen LogP contribution in [0.15, 0.2) is 168 Å². The Morgan fingerprint density at radius 2 is 1.07 bits per heavy atom. The molecule has 46 heavy (non-hydrogen) atoms. The van der Waals surface area contributed by atoms with Gasteiger partial charge in [0.25, 0.3) is 0 Å². The van der Waals surface area contributed by atoms with Crippen molar-refractivity contribution in [1.82, 2.24) is 4.57 Å². The number of para-hydroxylation sites is 2. The second-order valence-corrected chi connectivity index (χ2v) is 12.7. The zero-order chi connectivity index (χ0) is 30.6. The predicted octanol–water partition coefficient (Wildman–Crippen LogP) is 12.5. The van der Waals surface area contributed by atoms with Crippen molar-refractivity contribution in [2.24, 2.45) is 0 Å². The number of hydrogen-bond donors (Lipinski definition) is 0. The van der Waals surface area contributed by atoms with Gasteiger partial charge in [0, 0.05) is 20.6 Å². The second-order valence-electron chi connectivity index (χ2n) is 11.7. The molecule has 1 aliphatic heterocycles. The average Bonchev–Trinajstić information content (AvgIpc) is 3.47. The summed E-state index contributed by atoms with van der Waals surface area (Å²) in [6.45, 7) is 7.92. The second kappa shape index (κ2) is 10.7.